The van der Waals surface area contributed by atoms with Crippen LogP contribution in [0.1, 0.15) is 22.3 Å². The average Bonchev–Trinajstić information content (AvgIpc) is 2.26. The van der Waals surface area contributed by atoms with E-state index in [1.54, 1.807) is 6.07 Å². The first-order valence-electron chi connectivity index (χ1n) is 4.42. The first kappa shape index (κ1) is 11.7. The van der Waals surface area contributed by atoms with Crippen molar-refractivity contribution in [2.45, 2.75) is 12.8 Å². The molecule has 1 rings (SSSR count). The lowest BCUT2D eigenvalue weighted by molar-refractivity contribution is 0.0599. The number of carbonyl (C=O) groups excluding carboxylic acids is 1. The zero-order valence-corrected chi connectivity index (χ0v) is 9.87. The number of methoxy groups -OCH3 is 1. The van der Waals surface area contributed by atoms with E-state index in [1.165, 1.54) is 7.11 Å². The van der Waals surface area contributed by atoms with Crippen LogP contribution in [0.5, 0.6) is 0 Å². The summed E-state index contributed by atoms with van der Waals surface area (Å²) >= 11 is 3.29. The van der Waals surface area contributed by atoms with Crippen molar-refractivity contribution in [2.75, 3.05) is 7.11 Å². The lowest BCUT2D eigenvalue weighted by atomic mass is 10.0. The molecule has 0 saturated carbocycles. The van der Waals surface area contributed by atoms with Crippen LogP contribution in [0.4, 0.5) is 0 Å². The number of benzene rings is 1. The summed E-state index contributed by atoms with van der Waals surface area (Å²) in [6, 6.07) is 7.43. The third-order valence-electron chi connectivity index (χ3n) is 1.98. The molecule has 4 heteroatoms. The van der Waals surface area contributed by atoms with E-state index in [9.17, 15) is 4.79 Å². The highest BCUT2D eigenvalue weighted by Crippen LogP contribution is 2.18. The molecule has 3 nitrogen and oxygen atoms in total. The number of ether oxygens (including phenoxy) is 1. The normalized spacial score (nSPS) is 9.40. The molecule has 15 heavy (non-hydrogen) atoms. The van der Waals surface area contributed by atoms with Gasteiger partial charge >= 0.3 is 5.97 Å². The maximum absolute atomic E-state index is 11.4. The van der Waals surface area contributed by atoms with E-state index >= 15 is 0 Å². The Hall–Kier alpha value is -1.34. The Bertz CT molecular complexity index is 410. The minimum Gasteiger partial charge on any atom is -0.465 e. The van der Waals surface area contributed by atoms with Gasteiger partial charge in [-0.05, 0) is 24.1 Å². The number of aryl methyl sites for hydroxylation is 1. The molecule has 0 aromatic heterocycles. The number of hydrogen-bond donors (Lipinski definition) is 0. The molecule has 0 aliphatic rings. The molecule has 0 radical (unpaired) electrons. The van der Waals surface area contributed by atoms with E-state index in [4.69, 9.17) is 5.26 Å². The summed E-state index contributed by atoms with van der Waals surface area (Å²) in [5, 5.41) is 8.49. The first-order valence-corrected chi connectivity index (χ1v) is 5.22. The van der Waals surface area contributed by atoms with E-state index < -0.39 is 0 Å². The van der Waals surface area contributed by atoms with Crippen molar-refractivity contribution in [1.82, 2.24) is 0 Å². The quantitative estimate of drug-likeness (QED) is 0.792. The Morgan fingerprint density at radius 2 is 2.33 bits per heavy atom. The predicted octanol–water partition coefficient (Wildman–Crippen LogP) is 2.69. The van der Waals surface area contributed by atoms with Crippen molar-refractivity contribution < 1.29 is 9.53 Å². The van der Waals surface area contributed by atoms with Crippen molar-refractivity contribution in [3.05, 3.63) is 33.8 Å². The molecule has 0 aliphatic carbocycles. The van der Waals surface area contributed by atoms with E-state index in [2.05, 4.69) is 26.7 Å². The number of carbonyl (C=O) groups is 1. The van der Waals surface area contributed by atoms with Crippen LogP contribution in [-0.2, 0) is 11.2 Å². The fourth-order valence-electron chi connectivity index (χ4n) is 1.26. The first-order chi connectivity index (χ1) is 7.19. The summed E-state index contributed by atoms with van der Waals surface area (Å²) in [5.74, 6) is -0.371. The van der Waals surface area contributed by atoms with E-state index in [-0.39, 0.29) is 5.97 Å². The minimum absolute atomic E-state index is 0.371. The van der Waals surface area contributed by atoms with Crippen LogP contribution in [0.25, 0.3) is 0 Å². The lowest BCUT2D eigenvalue weighted by Gasteiger charge is -2.06. The number of nitriles is 1. The third-order valence-corrected chi connectivity index (χ3v) is 2.48. The van der Waals surface area contributed by atoms with Crippen molar-refractivity contribution >= 4 is 21.9 Å². The topological polar surface area (TPSA) is 50.1 Å². The standard InChI is InChI=1S/C11H10BrNO2/c1-15-11(14)10-7-9(12)5-4-8(10)3-2-6-13/h4-5,7H,2-3H2,1H3. The minimum atomic E-state index is -0.371. The molecule has 78 valence electrons. The predicted molar refractivity (Wildman–Crippen MR) is 59.4 cm³/mol. The lowest BCUT2D eigenvalue weighted by Crippen LogP contribution is -2.05. The van der Waals surface area contributed by atoms with Gasteiger partial charge in [0.1, 0.15) is 0 Å². The van der Waals surface area contributed by atoms with Crippen LogP contribution in [0.3, 0.4) is 0 Å². The number of halogens is 1. The number of hydrogen-bond acceptors (Lipinski definition) is 3. The zero-order chi connectivity index (χ0) is 11.3. The van der Waals surface area contributed by atoms with Crippen LogP contribution >= 0.6 is 15.9 Å². The molecule has 0 heterocycles. The summed E-state index contributed by atoms with van der Waals surface area (Å²) in [7, 11) is 1.34. The summed E-state index contributed by atoms with van der Waals surface area (Å²) < 4.78 is 5.49. The SMILES string of the molecule is COC(=O)c1cc(Br)ccc1CCC#N. The summed E-state index contributed by atoms with van der Waals surface area (Å²) in [6.07, 6.45) is 0.958. The largest absolute Gasteiger partial charge is 0.465 e. The molecule has 0 bridgehead atoms. The van der Waals surface area contributed by atoms with Crippen molar-refractivity contribution in [1.29, 1.82) is 5.26 Å². The second-order valence-electron chi connectivity index (χ2n) is 2.95. The van der Waals surface area contributed by atoms with Gasteiger partial charge in [0.05, 0.1) is 18.7 Å². The number of rotatable bonds is 3. The molecular weight excluding hydrogens is 258 g/mol. The Morgan fingerprint density at radius 1 is 1.60 bits per heavy atom. The molecule has 0 spiro atoms. The fraction of sp³-hybridized carbons (Fsp3) is 0.273. The highest BCUT2D eigenvalue weighted by Gasteiger charge is 2.11. The van der Waals surface area contributed by atoms with Gasteiger partial charge in [0.15, 0.2) is 0 Å². The second-order valence-corrected chi connectivity index (χ2v) is 3.87. The van der Waals surface area contributed by atoms with Gasteiger partial charge < -0.3 is 4.74 Å². The number of nitrogens with zero attached hydrogens (tertiary/aromatic N) is 1. The summed E-state index contributed by atoms with van der Waals surface area (Å²) in [4.78, 5) is 11.4. The van der Waals surface area contributed by atoms with Crippen LogP contribution in [0.15, 0.2) is 22.7 Å². The maximum atomic E-state index is 11.4. The fourth-order valence-corrected chi connectivity index (χ4v) is 1.62. The third kappa shape index (κ3) is 3.07. The Morgan fingerprint density at radius 3 is 2.93 bits per heavy atom. The molecule has 0 N–H and O–H groups in total. The average molecular weight is 268 g/mol. The van der Waals surface area contributed by atoms with Crippen LogP contribution in [0, 0.1) is 11.3 Å². The van der Waals surface area contributed by atoms with Gasteiger partial charge in [-0.25, -0.2) is 4.79 Å². The van der Waals surface area contributed by atoms with Gasteiger partial charge in [0, 0.05) is 10.9 Å². The molecule has 0 aliphatic heterocycles. The van der Waals surface area contributed by atoms with Gasteiger partial charge in [-0.15, -0.1) is 0 Å². The summed E-state index contributed by atoms with van der Waals surface area (Å²) in [6.45, 7) is 0. The highest BCUT2D eigenvalue weighted by atomic mass is 79.9. The van der Waals surface area contributed by atoms with Gasteiger partial charge in [0.25, 0.3) is 0 Å². The maximum Gasteiger partial charge on any atom is 0.338 e. The second kappa shape index (κ2) is 5.52. The van der Waals surface area contributed by atoms with Gasteiger partial charge in [-0.3, -0.25) is 0 Å². The monoisotopic (exact) mass is 267 g/mol. The number of esters is 1. The van der Waals surface area contributed by atoms with Gasteiger partial charge in [0.2, 0.25) is 0 Å². The van der Waals surface area contributed by atoms with E-state index in [0.29, 0.717) is 18.4 Å². The van der Waals surface area contributed by atoms with Crippen LogP contribution in [-0.4, -0.2) is 13.1 Å². The Labute approximate surface area is 96.8 Å². The van der Waals surface area contributed by atoms with Gasteiger partial charge in [-0.1, -0.05) is 22.0 Å². The molecule has 0 unspecified atom stereocenters. The molecular formula is C11H10BrNO2. The molecule has 1 aromatic carbocycles. The van der Waals surface area contributed by atoms with E-state index in [0.717, 1.165) is 10.0 Å². The van der Waals surface area contributed by atoms with Crippen LogP contribution in [0.2, 0.25) is 0 Å². The summed E-state index contributed by atoms with van der Waals surface area (Å²) in [5.41, 5.74) is 1.36. The smallest absolute Gasteiger partial charge is 0.338 e. The zero-order valence-electron chi connectivity index (χ0n) is 8.29. The molecule has 1 aromatic rings. The van der Waals surface area contributed by atoms with Crippen molar-refractivity contribution in [2.24, 2.45) is 0 Å². The van der Waals surface area contributed by atoms with Crippen molar-refractivity contribution in [3.63, 3.8) is 0 Å². The van der Waals surface area contributed by atoms with E-state index in [1.807, 2.05) is 12.1 Å². The highest BCUT2D eigenvalue weighted by molar-refractivity contribution is 9.10. The Balaban J connectivity index is 3.04. The van der Waals surface area contributed by atoms with Crippen molar-refractivity contribution in [3.8, 4) is 6.07 Å². The molecule has 0 atom stereocenters. The van der Waals surface area contributed by atoms with Gasteiger partial charge in [-0.2, -0.15) is 5.26 Å². The Kier molecular flexibility index (Phi) is 4.32. The molecule has 0 amide bonds. The molecule has 0 saturated heterocycles. The molecule has 0 fully saturated rings. The van der Waals surface area contributed by atoms with Crippen LogP contribution < -0.4 is 0 Å².